The molecule has 2 aromatic heterocycles. The molecule has 0 aliphatic carbocycles. The number of carbonyl (C=O) groups excluding carboxylic acids is 1. The fourth-order valence-corrected chi connectivity index (χ4v) is 3.35. The van der Waals surface area contributed by atoms with E-state index in [1.165, 1.54) is 0 Å². The predicted molar refractivity (Wildman–Crippen MR) is 91.5 cm³/mol. The Morgan fingerprint density at radius 1 is 1.27 bits per heavy atom. The van der Waals surface area contributed by atoms with Gasteiger partial charge in [0.1, 0.15) is 23.6 Å². The van der Waals surface area contributed by atoms with E-state index < -0.39 is 8.07 Å². The summed E-state index contributed by atoms with van der Waals surface area (Å²) < 4.78 is 7.68. The molecule has 2 heterocycles. The van der Waals surface area contributed by atoms with Crippen LogP contribution in [0.5, 0.6) is 0 Å². The Labute approximate surface area is 136 Å². The Balaban J connectivity index is 2.33. The third kappa shape index (κ3) is 3.56. The van der Waals surface area contributed by atoms with Crippen molar-refractivity contribution in [3.05, 3.63) is 22.2 Å². The highest BCUT2D eigenvalue weighted by atomic mass is 35.5. The molecule has 5 nitrogen and oxygen atoms in total. The van der Waals surface area contributed by atoms with Gasteiger partial charge in [-0.15, -0.1) is 0 Å². The van der Waals surface area contributed by atoms with E-state index in [1.807, 2.05) is 11.5 Å². The molecule has 0 bridgehead atoms. The largest absolute Gasteiger partial charge is 0.361 e. The van der Waals surface area contributed by atoms with Crippen LogP contribution in [0.3, 0.4) is 0 Å². The first kappa shape index (κ1) is 17.1. The fraction of sp³-hybridized carbons (Fsp3) is 0.533. The number of ether oxygens (including phenoxy) is 1. The topological polar surface area (TPSA) is 57.0 Å². The molecule has 0 atom stereocenters. The molecule has 2 aromatic rings. The van der Waals surface area contributed by atoms with Gasteiger partial charge in [0, 0.05) is 20.4 Å². The van der Waals surface area contributed by atoms with Gasteiger partial charge in [0.2, 0.25) is 0 Å². The zero-order chi connectivity index (χ0) is 16.5. The Morgan fingerprint density at radius 2 is 1.95 bits per heavy atom. The predicted octanol–water partition coefficient (Wildman–Crippen LogP) is 3.83. The number of rotatable bonds is 6. The summed E-state index contributed by atoms with van der Waals surface area (Å²) in [5.74, 6) is 0.553. The minimum absolute atomic E-state index is 0.354. The second-order valence-corrected chi connectivity index (χ2v) is 12.6. The molecule has 0 saturated carbocycles. The van der Waals surface area contributed by atoms with Gasteiger partial charge in [0.15, 0.2) is 11.4 Å². The van der Waals surface area contributed by atoms with Gasteiger partial charge < -0.3 is 9.30 Å². The number of hydrogen-bond acceptors (Lipinski definition) is 4. The van der Waals surface area contributed by atoms with Gasteiger partial charge in [-0.05, 0) is 19.9 Å². The summed E-state index contributed by atoms with van der Waals surface area (Å²) in [4.78, 5) is 19.9. The molecule has 120 valence electrons. The van der Waals surface area contributed by atoms with Crippen LogP contribution in [-0.4, -0.2) is 35.5 Å². The van der Waals surface area contributed by atoms with Crippen molar-refractivity contribution in [2.45, 2.75) is 46.3 Å². The normalized spacial score (nSPS) is 12.1. The van der Waals surface area contributed by atoms with E-state index in [0.717, 1.165) is 18.0 Å². The fourth-order valence-electron chi connectivity index (χ4n) is 2.28. The van der Waals surface area contributed by atoms with Crippen molar-refractivity contribution >= 4 is 37.0 Å². The molecule has 0 fully saturated rings. The molecule has 22 heavy (non-hydrogen) atoms. The van der Waals surface area contributed by atoms with Gasteiger partial charge in [0.05, 0.1) is 5.56 Å². The van der Waals surface area contributed by atoms with Crippen LogP contribution in [0.2, 0.25) is 30.8 Å². The number of aldehydes is 1. The molecule has 0 N–H and O–H groups in total. The average Bonchev–Trinajstić information content (AvgIpc) is 2.65. The highest BCUT2D eigenvalue weighted by Gasteiger charge is 2.19. The van der Waals surface area contributed by atoms with Gasteiger partial charge >= 0.3 is 0 Å². The first-order chi connectivity index (χ1) is 10.2. The van der Waals surface area contributed by atoms with Crippen molar-refractivity contribution in [3.8, 4) is 0 Å². The van der Waals surface area contributed by atoms with E-state index in [-0.39, 0.29) is 0 Å². The quantitative estimate of drug-likeness (QED) is 0.347. The number of fused-ring (bicyclic) bond motifs is 1. The van der Waals surface area contributed by atoms with Crippen molar-refractivity contribution in [2.24, 2.45) is 0 Å². The second-order valence-electron chi connectivity index (χ2n) is 6.65. The van der Waals surface area contributed by atoms with Gasteiger partial charge in [-0.1, -0.05) is 31.2 Å². The highest BCUT2D eigenvalue weighted by molar-refractivity contribution is 6.76. The molecule has 7 heteroatoms. The monoisotopic (exact) mass is 339 g/mol. The van der Waals surface area contributed by atoms with Gasteiger partial charge in [-0.3, -0.25) is 4.79 Å². The van der Waals surface area contributed by atoms with Crippen LogP contribution in [0.1, 0.15) is 21.9 Å². The van der Waals surface area contributed by atoms with Crippen LogP contribution in [0, 0.1) is 13.8 Å². The molecular formula is C15H22ClN3O2Si. The molecule has 0 aromatic carbocycles. The zero-order valence-electron chi connectivity index (χ0n) is 13.7. The molecule has 0 unspecified atom stereocenters. The molecule has 0 aliphatic rings. The van der Waals surface area contributed by atoms with E-state index in [1.54, 1.807) is 6.92 Å². The number of aryl methyl sites for hydroxylation is 1. The number of carbonyl (C=O) groups is 1. The van der Waals surface area contributed by atoms with Crippen LogP contribution >= 0.6 is 11.6 Å². The van der Waals surface area contributed by atoms with Crippen LogP contribution in [-0.2, 0) is 11.5 Å². The number of nitrogens with zero attached hydrogens (tertiary/aromatic N) is 3. The molecular weight excluding hydrogens is 318 g/mol. The summed E-state index contributed by atoms with van der Waals surface area (Å²) in [6.07, 6.45) is 0.818. The van der Waals surface area contributed by atoms with Crippen LogP contribution in [0.15, 0.2) is 0 Å². The summed E-state index contributed by atoms with van der Waals surface area (Å²) in [6.45, 7) is 11.6. The van der Waals surface area contributed by atoms with E-state index >= 15 is 0 Å². The summed E-state index contributed by atoms with van der Waals surface area (Å²) in [7, 11) is -1.12. The van der Waals surface area contributed by atoms with E-state index in [9.17, 15) is 4.79 Å². The summed E-state index contributed by atoms with van der Waals surface area (Å²) in [5, 5.41) is 0.354. The number of halogens is 1. The second kappa shape index (κ2) is 6.48. The molecule has 0 amide bonds. The maximum Gasteiger partial charge on any atom is 0.157 e. The smallest absolute Gasteiger partial charge is 0.157 e. The Bertz CT molecular complexity index is 707. The van der Waals surface area contributed by atoms with Crippen molar-refractivity contribution in [3.63, 3.8) is 0 Å². The zero-order valence-corrected chi connectivity index (χ0v) is 15.5. The van der Waals surface area contributed by atoms with Gasteiger partial charge in [0.25, 0.3) is 0 Å². The Kier molecular flexibility index (Phi) is 5.04. The van der Waals surface area contributed by atoms with Gasteiger partial charge in [-0.2, -0.15) is 0 Å². The lowest BCUT2D eigenvalue weighted by atomic mass is 10.2. The van der Waals surface area contributed by atoms with E-state index in [4.69, 9.17) is 16.3 Å². The van der Waals surface area contributed by atoms with Gasteiger partial charge in [-0.25, -0.2) is 9.97 Å². The molecule has 0 spiro atoms. The van der Waals surface area contributed by atoms with Crippen LogP contribution in [0.25, 0.3) is 11.0 Å². The van der Waals surface area contributed by atoms with Crippen molar-refractivity contribution in [1.82, 2.24) is 14.5 Å². The summed E-state index contributed by atoms with van der Waals surface area (Å²) in [5.41, 5.74) is 2.62. The SMILES string of the molecule is Cc1nc(Cl)c2c(n1)c(C=O)c(C)n2COCC[Si](C)(C)C. The first-order valence-electron chi connectivity index (χ1n) is 7.30. The van der Waals surface area contributed by atoms with Crippen molar-refractivity contribution in [1.29, 1.82) is 0 Å². The minimum Gasteiger partial charge on any atom is -0.361 e. The average molecular weight is 340 g/mol. The third-order valence-corrected chi connectivity index (χ3v) is 5.58. The van der Waals surface area contributed by atoms with Crippen LogP contribution < -0.4 is 0 Å². The summed E-state index contributed by atoms with van der Waals surface area (Å²) >= 11 is 6.26. The Morgan fingerprint density at radius 3 is 2.55 bits per heavy atom. The first-order valence-corrected chi connectivity index (χ1v) is 11.4. The molecule has 0 saturated heterocycles. The Hall–Kier alpha value is -1.24. The van der Waals surface area contributed by atoms with Crippen LogP contribution in [0.4, 0.5) is 0 Å². The number of hydrogen-bond donors (Lipinski definition) is 0. The lowest BCUT2D eigenvalue weighted by Crippen LogP contribution is -2.22. The van der Waals surface area contributed by atoms with E-state index in [2.05, 4.69) is 29.6 Å². The summed E-state index contributed by atoms with van der Waals surface area (Å²) in [6, 6.07) is 1.09. The molecule has 0 aliphatic heterocycles. The highest BCUT2D eigenvalue weighted by Crippen LogP contribution is 2.28. The number of aromatic nitrogens is 3. The molecule has 0 radical (unpaired) electrons. The maximum absolute atomic E-state index is 11.4. The lowest BCUT2D eigenvalue weighted by Gasteiger charge is -2.16. The van der Waals surface area contributed by atoms with E-state index in [0.29, 0.717) is 40.9 Å². The lowest BCUT2D eigenvalue weighted by molar-refractivity contribution is 0.0888. The maximum atomic E-state index is 11.4. The standard InChI is InChI=1S/C15H22ClN3O2Si/c1-10-12(8-20)13-14(15(16)18-11(2)17-13)19(10)9-21-6-7-22(3,4)5/h8H,6-7,9H2,1-5H3. The third-order valence-electron chi connectivity index (χ3n) is 3.61. The minimum atomic E-state index is -1.12. The molecule has 2 rings (SSSR count). The van der Waals surface area contributed by atoms with Crippen molar-refractivity contribution in [2.75, 3.05) is 6.61 Å². The van der Waals surface area contributed by atoms with Crippen molar-refractivity contribution < 1.29 is 9.53 Å².